The molecule has 0 saturated carbocycles. The Morgan fingerprint density at radius 2 is 1.29 bits per heavy atom. The summed E-state index contributed by atoms with van der Waals surface area (Å²) < 4.78 is 0. The summed E-state index contributed by atoms with van der Waals surface area (Å²) in [6.45, 7) is 0. The smallest absolute Gasteiger partial charge is 0.0704 e. The first-order valence-corrected chi connectivity index (χ1v) is 9.71. The van der Waals surface area contributed by atoms with Crippen LogP contribution in [0.1, 0.15) is 23.2 Å². The average molecular weight is 361 g/mol. The lowest BCUT2D eigenvalue weighted by atomic mass is 9.98. The molecule has 4 aromatic rings. The molecular weight excluding hydrogens is 338 g/mol. The maximum Gasteiger partial charge on any atom is 0.0704 e. The number of aryl methyl sites for hydroxylation is 1. The number of aromatic nitrogens is 1. The Balaban J connectivity index is 1.50. The molecule has 0 saturated heterocycles. The van der Waals surface area contributed by atoms with Crippen molar-refractivity contribution in [2.24, 2.45) is 0 Å². The number of hydrogen-bond donors (Lipinski definition) is 0. The van der Waals surface area contributed by atoms with Crippen LogP contribution in [0.3, 0.4) is 0 Å². The summed E-state index contributed by atoms with van der Waals surface area (Å²) in [4.78, 5) is 4.56. The fraction of sp³-hybridized carbons (Fsp3) is 0.0741. The topological polar surface area (TPSA) is 12.9 Å². The van der Waals surface area contributed by atoms with Crippen molar-refractivity contribution >= 4 is 5.57 Å². The first kappa shape index (κ1) is 17.9. The van der Waals surface area contributed by atoms with Gasteiger partial charge in [0.1, 0.15) is 0 Å². The minimum absolute atomic E-state index is 0.978. The monoisotopic (exact) mass is 361 g/mol. The highest BCUT2D eigenvalue weighted by Gasteiger charge is 2.05. The number of rotatable bonds is 6. The lowest BCUT2D eigenvalue weighted by molar-refractivity contribution is 1.00. The van der Waals surface area contributed by atoms with E-state index < -0.39 is 0 Å². The number of nitrogens with zero attached hydrogens (tertiary/aromatic N) is 1. The molecule has 1 nitrogen and oxygen atoms in total. The van der Waals surface area contributed by atoms with Crippen molar-refractivity contribution in [3.8, 4) is 11.1 Å². The first-order chi connectivity index (χ1) is 13.9. The van der Waals surface area contributed by atoms with Crippen molar-refractivity contribution in [1.29, 1.82) is 0 Å². The van der Waals surface area contributed by atoms with Gasteiger partial charge in [0.25, 0.3) is 0 Å². The van der Waals surface area contributed by atoms with Gasteiger partial charge in [-0.3, -0.25) is 4.98 Å². The molecule has 0 unspecified atom stereocenters. The predicted molar refractivity (Wildman–Crippen MR) is 118 cm³/mol. The van der Waals surface area contributed by atoms with Crippen molar-refractivity contribution in [3.05, 3.63) is 132 Å². The highest BCUT2D eigenvalue weighted by molar-refractivity contribution is 5.77. The van der Waals surface area contributed by atoms with Crippen LogP contribution in [-0.2, 0) is 6.42 Å². The first-order valence-electron chi connectivity index (χ1n) is 9.71. The second-order valence-corrected chi connectivity index (χ2v) is 6.80. The van der Waals surface area contributed by atoms with E-state index in [1.807, 2.05) is 24.4 Å². The van der Waals surface area contributed by atoms with Crippen molar-refractivity contribution < 1.29 is 0 Å². The van der Waals surface area contributed by atoms with Gasteiger partial charge in [0.15, 0.2) is 0 Å². The molecule has 0 radical (unpaired) electrons. The van der Waals surface area contributed by atoms with Crippen LogP contribution in [0.25, 0.3) is 16.7 Å². The van der Waals surface area contributed by atoms with Crippen LogP contribution in [0.2, 0.25) is 0 Å². The van der Waals surface area contributed by atoms with Gasteiger partial charge in [-0.1, -0.05) is 97.1 Å². The summed E-state index contributed by atoms with van der Waals surface area (Å²) in [7, 11) is 0. The molecule has 0 amide bonds. The Morgan fingerprint density at radius 3 is 1.96 bits per heavy atom. The van der Waals surface area contributed by atoms with E-state index in [9.17, 15) is 0 Å². The van der Waals surface area contributed by atoms with Crippen LogP contribution in [0, 0.1) is 0 Å². The Hall–Kier alpha value is -3.45. The van der Waals surface area contributed by atoms with Crippen LogP contribution in [0.4, 0.5) is 0 Å². The van der Waals surface area contributed by atoms with Gasteiger partial charge in [0, 0.05) is 11.8 Å². The van der Waals surface area contributed by atoms with Gasteiger partial charge in [0.05, 0.1) is 5.69 Å². The molecule has 136 valence electrons. The fourth-order valence-electron chi connectivity index (χ4n) is 3.39. The number of hydrogen-bond acceptors (Lipinski definition) is 1. The molecule has 1 aromatic heterocycles. The zero-order chi connectivity index (χ0) is 19.0. The standard InChI is InChI=1S/C27H23N/c1-3-11-23(12-4-1)24-19-17-22(18-20-24)10-9-15-26(25-13-5-2-6-14-25)27-16-7-8-21-28-27/h1-8,11-21H,9-10H2/b26-15+. The fourth-order valence-corrected chi connectivity index (χ4v) is 3.39. The zero-order valence-electron chi connectivity index (χ0n) is 15.8. The number of allylic oxidation sites excluding steroid dienone is 1. The van der Waals surface area contributed by atoms with Gasteiger partial charge in [-0.05, 0) is 47.2 Å². The van der Waals surface area contributed by atoms with Crippen molar-refractivity contribution in [2.45, 2.75) is 12.8 Å². The van der Waals surface area contributed by atoms with E-state index in [1.165, 1.54) is 27.8 Å². The second-order valence-electron chi connectivity index (χ2n) is 6.80. The van der Waals surface area contributed by atoms with Gasteiger partial charge in [-0.2, -0.15) is 0 Å². The third-order valence-corrected chi connectivity index (χ3v) is 4.87. The molecule has 4 rings (SSSR count). The van der Waals surface area contributed by atoms with Gasteiger partial charge >= 0.3 is 0 Å². The van der Waals surface area contributed by atoms with E-state index in [1.54, 1.807) is 0 Å². The van der Waals surface area contributed by atoms with Gasteiger partial charge in [0.2, 0.25) is 0 Å². The van der Waals surface area contributed by atoms with Gasteiger partial charge < -0.3 is 0 Å². The van der Waals surface area contributed by atoms with Crippen molar-refractivity contribution in [1.82, 2.24) is 4.98 Å². The molecule has 0 fully saturated rings. The lowest BCUT2D eigenvalue weighted by Gasteiger charge is -2.08. The highest BCUT2D eigenvalue weighted by Crippen LogP contribution is 2.23. The molecule has 0 atom stereocenters. The summed E-state index contributed by atoms with van der Waals surface area (Å²) in [5, 5.41) is 0. The van der Waals surface area contributed by atoms with E-state index in [4.69, 9.17) is 0 Å². The molecule has 0 aliphatic rings. The van der Waals surface area contributed by atoms with Gasteiger partial charge in [-0.15, -0.1) is 0 Å². The molecule has 0 aliphatic heterocycles. The summed E-state index contributed by atoms with van der Waals surface area (Å²) in [6, 6.07) is 36.0. The Bertz CT molecular complexity index is 976. The Kier molecular flexibility index (Phi) is 5.74. The molecule has 0 bridgehead atoms. The molecule has 28 heavy (non-hydrogen) atoms. The maximum atomic E-state index is 4.56. The zero-order valence-corrected chi connectivity index (χ0v) is 15.8. The Morgan fingerprint density at radius 1 is 0.643 bits per heavy atom. The summed E-state index contributed by atoms with van der Waals surface area (Å²) >= 11 is 0. The lowest BCUT2D eigenvalue weighted by Crippen LogP contribution is -1.92. The molecule has 3 aromatic carbocycles. The highest BCUT2D eigenvalue weighted by atomic mass is 14.7. The summed E-state index contributed by atoms with van der Waals surface area (Å²) in [6.07, 6.45) is 6.15. The van der Waals surface area contributed by atoms with Crippen LogP contribution in [0.5, 0.6) is 0 Å². The van der Waals surface area contributed by atoms with Crippen molar-refractivity contribution in [2.75, 3.05) is 0 Å². The molecule has 0 aliphatic carbocycles. The van der Waals surface area contributed by atoms with Gasteiger partial charge in [-0.25, -0.2) is 0 Å². The van der Waals surface area contributed by atoms with Crippen LogP contribution < -0.4 is 0 Å². The predicted octanol–water partition coefficient (Wildman–Crippen LogP) is 6.81. The van der Waals surface area contributed by atoms with Crippen LogP contribution in [-0.4, -0.2) is 4.98 Å². The van der Waals surface area contributed by atoms with Crippen LogP contribution >= 0.6 is 0 Å². The molecular formula is C27H23N. The maximum absolute atomic E-state index is 4.56. The second kappa shape index (κ2) is 8.96. The SMILES string of the molecule is C(/CCc1ccc(-c2ccccc2)cc1)=C(/c1ccccc1)c1ccccn1. The van der Waals surface area contributed by atoms with E-state index in [0.717, 1.165) is 18.5 Å². The van der Waals surface area contributed by atoms with E-state index in [-0.39, 0.29) is 0 Å². The van der Waals surface area contributed by atoms with E-state index >= 15 is 0 Å². The number of pyridine rings is 1. The summed E-state index contributed by atoms with van der Waals surface area (Å²) in [5.74, 6) is 0. The average Bonchev–Trinajstić information content (AvgIpc) is 2.79. The van der Waals surface area contributed by atoms with Crippen molar-refractivity contribution in [3.63, 3.8) is 0 Å². The molecule has 0 N–H and O–H groups in total. The minimum Gasteiger partial charge on any atom is -0.256 e. The third-order valence-electron chi connectivity index (χ3n) is 4.87. The normalized spacial score (nSPS) is 11.4. The minimum atomic E-state index is 0.978. The summed E-state index contributed by atoms with van der Waals surface area (Å²) in [5.41, 5.74) is 7.30. The van der Waals surface area contributed by atoms with Crippen LogP contribution in [0.15, 0.2) is 115 Å². The largest absolute Gasteiger partial charge is 0.256 e. The molecule has 1 heterocycles. The number of benzene rings is 3. The van der Waals surface area contributed by atoms with E-state index in [2.05, 4.69) is 96.0 Å². The Labute approximate surface area is 167 Å². The third kappa shape index (κ3) is 4.44. The quantitative estimate of drug-likeness (QED) is 0.367. The molecule has 0 spiro atoms. The van der Waals surface area contributed by atoms with E-state index in [0.29, 0.717) is 0 Å². The molecule has 1 heteroatoms.